The molecule has 0 saturated heterocycles. The van der Waals surface area contributed by atoms with E-state index in [-0.39, 0.29) is 31.0 Å². The smallest absolute Gasteiger partial charge is 1.00 e. The molecule has 2 heteroatoms. The number of hydrogen-bond acceptors (Lipinski definition) is 1. The Morgan fingerprint density at radius 2 is 1.22 bits per heavy atom. The van der Waals surface area contributed by atoms with E-state index in [9.17, 15) is 5.11 Å². The molecular formula is C16H11NaO. The molecule has 1 N–H and O–H groups in total. The van der Waals surface area contributed by atoms with Crippen LogP contribution >= 0.6 is 0 Å². The Hall–Kier alpha value is -1.28. The van der Waals surface area contributed by atoms with Crippen LogP contribution in [0.15, 0.2) is 54.6 Å². The molecule has 1 nitrogen and oxygen atoms in total. The molecule has 0 spiro atoms. The zero-order valence-electron chi connectivity index (χ0n) is 11.1. The number of phenolic OH excluding ortho intramolecular Hbond substituents is 1. The van der Waals surface area contributed by atoms with Crippen LogP contribution in [0.1, 0.15) is 1.43 Å². The Labute approximate surface area is 128 Å². The van der Waals surface area contributed by atoms with E-state index < -0.39 is 0 Å². The molecule has 0 bridgehead atoms. The van der Waals surface area contributed by atoms with E-state index in [4.69, 9.17) is 0 Å². The molecule has 0 fully saturated rings. The largest absolute Gasteiger partial charge is 1.00 e. The maximum absolute atomic E-state index is 9.95. The van der Waals surface area contributed by atoms with Crippen molar-refractivity contribution in [2.24, 2.45) is 0 Å². The summed E-state index contributed by atoms with van der Waals surface area (Å²) in [7, 11) is 0. The van der Waals surface area contributed by atoms with Gasteiger partial charge in [-0.2, -0.15) is 0 Å². The van der Waals surface area contributed by atoms with Crippen molar-refractivity contribution in [3.05, 3.63) is 54.6 Å². The first-order chi connectivity index (χ1) is 8.34. The molecule has 0 aliphatic carbocycles. The summed E-state index contributed by atoms with van der Waals surface area (Å²) in [6.07, 6.45) is 0. The van der Waals surface area contributed by atoms with Crippen LogP contribution in [0.25, 0.3) is 32.3 Å². The summed E-state index contributed by atoms with van der Waals surface area (Å²) in [5, 5.41) is 16.9. The Balaban J connectivity index is 0.000000667. The van der Waals surface area contributed by atoms with Crippen LogP contribution in [0.2, 0.25) is 0 Å². The van der Waals surface area contributed by atoms with Gasteiger partial charge >= 0.3 is 29.6 Å². The molecule has 4 aromatic carbocycles. The maximum Gasteiger partial charge on any atom is 1.00 e. The number of aromatic hydroxyl groups is 1. The average molecular weight is 242 g/mol. The first-order valence-electron chi connectivity index (χ1n) is 5.70. The van der Waals surface area contributed by atoms with Crippen LogP contribution in [0.3, 0.4) is 0 Å². The van der Waals surface area contributed by atoms with Crippen molar-refractivity contribution in [2.75, 3.05) is 0 Å². The third kappa shape index (κ3) is 1.45. The molecule has 0 unspecified atom stereocenters. The van der Waals surface area contributed by atoms with Gasteiger partial charge in [-0.05, 0) is 27.6 Å². The summed E-state index contributed by atoms with van der Waals surface area (Å²) in [6.45, 7) is 0. The fraction of sp³-hybridized carbons (Fsp3) is 0. The van der Waals surface area contributed by atoms with Crippen molar-refractivity contribution in [1.29, 1.82) is 0 Å². The molecule has 0 atom stereocenters. The van der Waals surface area contributed by atoms with Gasteiger partial charge in [0.2, 0.25) is 0 Å². The number of phenols is 1. The second-order valence-corrected chi connectivity index (χ2v) is 4.44. The molecule has 82 valence electrons. The van der Waals surface area contributed by atoms with Crippen LogP contribution in [0.5, 0.6) is 5.75 Å². The number of rotatable bonds is 0. The van der Waals surface area contributed by atoms with Gasteiger partial charge in [0.05, 0.1) is 0 Å². The summed E-state index contributed by atoms with van der Waals surface area (Å²) < 4.78 is 0. The Kier molecular flexibility index (Phi) is 2.70. The molecule has 0 aliphatic rings. The maximum atomic E-state index is 9.95. The topological polar surface area (TPSA) is 20.2 Å². The fourth-order valence-electron chi connectivity index (χ4n) is 2.72. The second-order valence-electron chi connectivity index (χ2n) is 4.44. The minimum absolute atomic E-state index is 0. The van der Waals surface area contributed by atoms with Crippen molar-refractivity contribution in [3.8, 4) is 5.75 Å². The second kappa shape index (κ2) is 4.13. The summed E-state index contributed by atoms with van der Waals surface area (Å²) in [5.41, 5.74) is 0. The van der Waals surface area contributed by atoms with Crippen LogP contribution in [-0.4, -0.2) is 5.11 Å². The molecule has 0 amide bonds. The van der Waals surface area contributed by atoms with Crippen molar-refractivity contribution < 1.29 is 36.1 Å². The molecular weight excluding hydrogens is 231 g/mol. The summed E-state index contributed by atoms with van der Waals surface area (Å²) in [5.74, 6) is 0.357. The summed E-state index contributed by atoms with van der Waals surface area (Å²) in [4.78, 5) is 0. The molecule has 0 aliphatic heterocycles. The van der Waals surface area contributed by atoms with E-state index in [0.717, 1.165) is 5.39 Å². The van der Waals surface area contributed by atoms with Crippen LogP contribution in [0.4, 0.5) is 0 Å². The van der Waals surface area contributed by atoms with Crippen molar-refractivity contribution in [2.45, 2.75) is 0 Å². The van der Waals surface area contributed by atoms with E-state index in [0.29, 0.717) is 5.75 Å². The first kappa shape index (κ1) is 11.8. The molecule has 18 heavy (non-hydrogen) atoms. The number of benzene rings is 4. The van der Waals surface area contributed by atoms with Gasteiger partial charge in [0, 0.05) is 10.8 Å². The minimum atomic E-state index is 0. The van der Waals surface area contributed by atoms with Gasteiger partial charge in [0.15, 0.2) is 0 Å². The molecule has 0 radical (unpaired) electrons. The predicted octanol–water partition coefficient (Wildman–Crippen LogP) is 1.41. The van der Waals surface area contributed by atoms with Crippen molar-refractivity contribution >= 4 is 32.3 Å². The predicted molar refractivity (Wildman–Crippen MR) is 72.9 cm³/mol. The summed E-state index contributed by atoms with van der Waals surface area (Å²) in [6, 6.07) is 18.4. The van der Waals surface area contributed by atoms with Crippen LogP contribution < -0.4 is 29.6 Å². The van der Waals surface area contributed by atoms with Crippen molar-refractivity contribution in [3.63, 3.8) is 0 Å². The zero-order chi connectivity index (χ0) is 11.4. The Morgan fingerprint density at radius 1 is 0.667 bits per heavy atom. The van der Waals surface area contributed by atoms with E-state index in [1.54, 1.807) is 6.07 Å². The molecule has 4 rings (SSSR count). The molecule has 4 aromatic rings. The van der Waals surface area contributed by atoms with Gasteiger partial charge in [-0.25, -0.2) is 0 Å². The van der Waals surface area contributed by atoms with Gasteiger partial charge in [0.1, 0.15) is 5.75 Å². The van der Waals surface area contributed by atoms with Crippen molar-refractivity contribution in [1.82, 2.24) is 0 Å². The zero-order valence-corrected chi connectivity index (χ0v) is 12.1. The minimum Gasteiger partial charge on any atom is -1.00 e. The molecule has 0 saturated carbocycles. The SMILES string of the molecule is Oc1ccc2ccc3cccc4ccc1c2c34.[H-].[Na+]. The monoisotopic (exact) mass is 242 g/mol. The molecule has 0 heterocycles. The quantitative estimate of drug-likeness (QED) is 0.365. The third-order valence-corrected chi connectivity index (χ3v) is 3.51. The number of hydrogen-bond donors (Lipinski definition) is 1. The average Bonchev–Trinajstić information content (AvgIpc) is 2.38. The van der Waals surface area contributed by atoms with E-state index in [1.165, 1.54) is 26.9 Å². The Bertz CT molecular complexity index is 841. The third-order valence-electron chi connectivity index (χ3n) is 3.51. The van der Waals surface area contributed by atoms with Crippen LogP contribution in [-0.2, 0) is 0 Å². The van der Waals surface area contributed by atoms with Gasteiger partial charge in [-0.3, -0.25) is 0 Å². The van der Waals surface area contributed by atoms with E-state index >= 15 is 0 Å². The van der Waals surface area contributed by atoms with Crippen LogP contribution in [0, 0.1) is 0 Å². The van der Waals surface area contributed by atoms with E-state index in [2.05, 4.69) is 36.4 Å². The van der Waals surface area contributed by atoms with Gasteiger partial charge in [-0.1, -0.05) is 48.5 Å². The standard InChI is InChI=1S/C16H10O.Na.H/c17-14-9-7-12-5-4-10-2-1-3-11-6-8-13(14)16(12)15(10)11;;/h1-9,17H;;/q;+1;-1. The van der Waals surface area contributed by atoms with Gasteiger partial charge in [-0.15, -0.1) is 0 Å². The van der Waals surface area contributed by atoms with Gasteiger partial charge in [0.25, 0.3) is 0 Å². The fourth-order valence-corrected chi connectivity index (χ4v) is 2.72. The Morgan fingerprint density at radius 3 is 1.94 bits per heavy atom. The summed E-state index contributed by atoms with van der Waals surface area (Å²) >= 11 is 0. The molecule has 0 aromatic heterocycles. The first-order valence-corrected chi connectivity index (χ1v) is 5.70. The normalized spacial score (nSPS) is 11.1. The van der Waals surface area contributed by atoms with E-state index in [1.807, 2.05) is 12.1 Å². The van der Waals surface area contributed by atoms with Gasteiger partial charge < -0.3 is 6.53 Å².